The standard InChI is InChI=1S/C19H21FN2O2S2/c20-15-8-4-3-7-14(15)13-16-18(24)22(19(25)26-16)12-9-17(23)21-10-5-1-2-6-11-21/h3-4,7-8,13H,1-2,5-6,9-12H2. The molecule has 0 aromatic heterocycles. The number of thiocarbonyl (C=S) groups is 1. The Hall–Kier alpha value is -1.73. The van der Waals surface area contributed by atoms with Gasteiger partial charge in [-0.25, -0.2) is 4.39 Å². The first kappa shape index (κ1) is 19.0. The number of halogens is 1. The van der Waals surface area contributed by atoms with Crippen molar-refractivity contribution in [1.82, 2.24) is 9.80 Å². The van der Waals surface area contributed by atoms with Gasteiger partial charge >= 0.3 is 0 Å². The number of amides is 2. The SMILES string of the molecule is O=C(CCN1C(=O)C(=Cc2ccccc2F)SC1=S)N1CCCCCC1. The van der Waals surface area contributed by atoms with Gasteiger partial charge in [-0.1, -0.05) is 55.0 Å². The Kier molecular flexibility index (Phi) is 6.43. The molecule has 1 aromatic rings. The van der Waals surface area contributed by atoms with Gasteiger partial charge in [0.2, 0.25) is 5.91 Å². The van der Waals surface area contributed by atoms with Crippen LogP contribution in [0.15, 0.2) is 29.2 Å². The lowest BCUT2D eigenvalue weighted by Gasteiger charge is -2.22. The van der Waals surface area contributed by atoms with Gasteiger partial charge in [-0.05, 0) is 25.0 Å². The van der Waals surface area contributed by atoms with Gasteiger partial charge in [-0.15, -0.1) is 0 Å². The number of carbonyl (C=O) groups is 2. The maximum absolute atomic E-state index is 13.8. The van der Waals surface area contributed by atoms with Crippen LogP contribution in [-0.2, 0) is 9.59 Å². The van der Waals surface area contributed by atoms with E-state index in [1.165, 1.54) is 29.9 Å². The molecule has 2 amide bonds. The van der Waals surface area contributed by atoms with Crippen LogP contribution in [0.2, 0.25) is 0 Å². The summed E-state index contributed by atoms with van der Waals surface area (Å²) in [6.45, 7) is 1.86. The Bertz CT molecular complexity index is 743. The van der Waals surface area contributed by atoms with Crippen molar-refractivity contribution < 1.29 is 14.0 Å². The van der Waals surface area contributed by atoms with E-state index in [0.717, 1.165) is 37.7 Å². The number of benzene rings is 1. The van der Waals surface area contributed by atoms with E-state index >= 15 is 0 Å². The maximum atomic E-state index is 13.8. The predicted molar refractivity (Wildman–Crippen MR) is 106 cm³/mol. The molecule has 0 spiro atoms. The summed E-state index contributed by atoms with van der Waals surface area (Å²) in [4.78, 5) is 28.7. The highest BCUT2D eigenvalue weighted by Crippen LogP contribution is 2.33. The fraction of sp³-hybridized carbons (Fsp3) is 0.421. The van der Waals surface area contributed by atoms with Crippen molar-refractivity contribution in [2.24, 2.45) is 0 Å². The second kappa shape index (κ2) is 8.77. The van der Waals surface area contributed by atoms with Gasteiger partial charge in [0.15, 0.2) is 0 Å². The third-order valence-electron chi connectivity index (χ3n) is 4.57. The molecule has 0 radical (unpaired) electrons. The number of nitrogens with zero attached hydrogens (tertiary/aromatic N) is 2. The van der Waals surface area contributed by atoms with Crippen LogP contribution >= 0.6 is 24.0 Å². The highest BCUT2D eigenvalue weighted by molar-refractivity contribution is 8.26. The average molecular weight is 393 g/mol. The van der Waals surface area contributed by atoms with Gasteiger partial charge in [0.1, 0.15) is 10.1 Å². The van der Waals surface area contributed by atoms with Crippen LogP contribution in [0.25, 0.3) is 6.08 Å². The summed E-state index contributed by atoms with van der Waals surface area (Å²) >= 11 is 6.44. The maximum Gasteiger partial charge on any atom is 0.266 e. The number of thioether (sulfide) groups is 1. The smallest absolute Gasteiger partial charge is 0.266 e. The number of hydrogen-bond donors (Lipinski definition) is 0. The van der Waals surface area contributed by atoms with E-state index in [1.54, 1.807) is 18.2 Å². The van der Waals surface area contributed by atoms with Crippen LogP contribution < -0.4 is 0 Å². The van der Waals surface area contributed by atoms with E-state index in [2.05, 4.69) is 0 Å². The molecule has 4 nitrogen and oxygen atoms in total. The molecular weight excluding hydrogens is 371 g/mol. The van der Waals surface area contributed by atoms with Crippen LogP contribution in [0.1, 0.15) is 37.7 Å². The largest absolute Gasteiger partial charge is 0.343 e. The zero-order valence-corrected chi connectivity index (χ0v) is 16.1. The average Bonchev–Trinajstić information content (AvgIpc) is 2.83. The van der Waals surface area contributed by atoms with Gasteiger partial charge in [0.05, 0.1) is 4.91 Å². The highest BCUT2D eigenvalue weighted by Gasteiger charge is 2.32. The Morgan fingerprint density at radius 2 is 1.88 bits per heavy atom. The fourth-order valence-electron chi connectivity index (χ4n) is 3.11. The lowest BCUT2D eigenvalue weighted by atomic mass is 10.2. The third-order valence-corrected chi connectivity index (χ3v) is 5.95. The fourth-order valence-corrected chi connectivity index (χ4v) is 4.41. The lowest BCUT2D eigenvalue weighted by Crippen LogP contribution is -2.36. The number of rotatable bonds is 4. The van der Waals surface area contributed by atoms with E-state index in [4.69, 9.17) is 12.2 Å². The zero-order chi connectivity index (χ0) is 18.5. The minimum Gasteiger partial charge on any atom is -0.343 e. The number of hydrogen-bond acceptors (Lipinski definition) is 4. The second-order valence-electron chi connectivity index (χ2n) is 6.40. The summed E-state index contributed by atoms with van der Waals surface area (Å²) in [5.41, 5.74) is 0.355. The van der Waals surface area contributed by atoms with Crippen molar-refractivity contribution in [2.45, 2.75) is 32.1 Å². The Balaban J connectivity index is 1.62. The molecule has 0 N–H and O–H groups in total. The lowest BCUT2D eigenvalue weighted by molar-refractivity contribution is -0.131. The van der Waals surface area contributed by atoms with Crippen molar-refractivity contribution in [1.29, 1.82) is 0 Å². The van der Waals surface area contributed by atoms with Crippen LogP contribution in [-0.4, -0.2) is 45.6 Å². The monoisotopic (exact) mass is 392 g/mol. The zero-order valence-electron chi connectivity index (χ0n) is 14.4. The molecule has 0 atom stereocenters. The molecule has 0 saturated carbocycles. The van der Waals surface area contributed by atoms with Gasteiger partial charge in [-0.2, -0.15) is 0 Å². The molecule has 0 unspecified atom stereocenters. The summed E-state index contributed by atoms with van der Waals surface area (Å²) in [7, 11) is 0. The van der Waals surface area contributed by atoms with Gasteiger partial charge in [0.25, 0.3) is 5.91 Å². The van der Waals surface area contributed by atoms with E-state index in [9.17, 15) is 14.0 Å². The molecule has 2 heterocycles. The van der Waals surface area contributed by atoms with E-state index in [0.29, 0.717) is 14.8 Å². The first-order valence-corrected chi connectivity index (χ1v) is 10.1. The molecule has 2 aliphatic rings. The van der Waals surface area contributed by atoms with E-state index in [-0.39, 0.29) is 30.6 Å². The molecule has 2 fully saturated rings. The summed E-state index contributed by atoms with van der Waals surface area (Å²) < 4.78 is 14.2. The number of carbonyl (C=O) groups excluding carboxylic acids is 2. The Morgan fingerprint density at radius 3 is 2.58 bits per heavy atom. The van der Waals surface area contributed by atoms with Crippen LogP contribution in [0.3, 0.4) is 0 Å². The first-order chi connectivity index (χ1) is 12.6. The van der Waals surface area contributed by atoms with E-state index in [1.807, 2.05) is 4.90 Å². The molecular formula is C19H21FN2O2S2. The summed E-state index contributed by atoms with van der Waals surface area (Å²) in [6, 6.07) is 6.29. The second-order valence-corrected chi connectivity index (χ2v) is 8.08. The molecule has 2 saturated heterocycles. The molecule has 3 rings (SSSR count). The molecule has 0 aliphatic carbocycles. The molecule has 2 aliphatic heterocycles. The molecule has 7 heteroatoms. The summed E-state index contributed by atoms with van der Waals surface area (Å²) in [5.74, 6) is -0.569. The molecule has 1 aromatic carbocycles. The van der Waals surface area contributed by atoms with Crippen molar-refractivity contribution in [3.05, 3.63) is 40.6 Å². The minimum atomic E-state index is -0.380. The van der Waals surface area contributed by atoms with Gasteiger partial charge in [0, 0.05) is 31.6 Å². The Labute approximate surface area is 162 Å². The van der Waals surface area contributed by atoms with Gasteiger partial charge < -0.3 is 4.90 Å². The van der Waals surface area contributed by atoms with Crippen molar-refractivity contribution in [2.75, 3.05) is 19.6 Å². The van der Waals surface area contributed by atoms with Crippen LogP contribution in [0.5, 0.6) is 0 Å². The molecule has 0 bridgehead atoms. The normalized spacial score (nSPS) is 20.0. The van der Waals surface area contributed by atoms with Crippen molar-refractivity contribution >= 4 is 46.2 Å². The third kappa shape index (κ3) is 4.51. The minimum absolute atomic E-state index is 0.0685. The molecule has 138 valence electrons. The highest BCUT2D eigenvalue weighted by atomic mass is 32.2. The molecule has 26 heavy (non-hydrogen) atoms. The van der Waals surface area contributed by atoms with Crippen molar-refractivity contribution in [3.63, 3.8) is 0 Å². The topological polar surface area (TPSA) is 40.6 Å². The summed E-state index contributed by atoms with van der Waals surface area (Å²) in [5, 5.41) is 0. The number of likely N-dealkylation sites (tertiary alicyclic amines) is 1. The quantitative estimate of drug-likeness (QED) is 0.577. The predicted octanol–water partition coefficient (Wildman–Crippen LogP) is 3.82. The van der Waals surface area contributed by atoms with Crippen molar-refractivity contribution in [3.8, 4) is 0 Å². The summed E-state index contributed by atoms with van der Waals surface area (Å²) in [6.07, 6.45) is 6.19. The van der Waals surface area contributed by atoms with Gasteiger partial charge in [-0.3, -0.25) is 14.5 Å². The van der Waals surface area contributed by atoms with Crippen LogP contribution in [0, 0.1) is 5.82 Å². The Morgan fingerprint density at radius 1 is 1.19 bits per heavy atom. The first-order valence-electron chi connectivity index (χ1n) is 8.84. The van der Waals surface area contributed by atoms with E-state index < -0.39 is 0 Å². The van der Waals surface area contributed by atoms with Crippen LogP contribution in [0.4, 0.5) is 4.39 Å².